The number of anilines is 1. The Labute approximate surface area is 192 Å². The molecule has 2 heterocycles. The molecule has 0 bridgehead atoms. The van der Waals surface area contributed by atoms with Crippen molar-refractivity contribution >= 4 is 36.4 Å². The van der Waals surface area contributed by atoms with E-state index >= 15 is 0 Å². The van der Waals surface area contributed by atoms with Gasteiger partial charge in [-0.25, -0.2) is 13.8 Å². The van der Waals surface area contributed by atoms with Crippen molar-refractivity contribution in [3.8, 4) is 11.5 Å². The molecule has 3 aromatic rings. The van der Waals surface area contributed by atoms with Crippen LogP contribution in [-0.2, 0) is 18.0 Å². The lowest BCUT2D eigenvalue weighted by atomic mass is 10.2. The maximum absolute atomic E-state index is 14.6. The van der Waals surface area contributed by atoms with Gasteiger partial charge in [-0.2, -0.15) is 0 Å². The lowest BCUT2D eigenvalue weighted by Gasteiger charge is -2.16. The number of aromatic nitrogens is 2. The largest absolute Gasteiger partial charge is 0.493 e. The summed E-state index contributed by atoms with van der Waals surface area (Å²) in [6.07, 6.45) is 3.45. The molecular formula is C22H28ClF2N3O3Si. The zero-order valence-electron chi connectivity index (χ0n) is 18.9. The first-order chi connectivity index (χ1) is 15.2. The molecule has 0 spiro atoms. The minimum atomic E-state index is -1.15. The molecule has 0 amide bonds. The fourth-order valence-corrected chi connectivity index (χ4v) is 4.16. The molecule has 174 valence electrons. The molecule has 0 atom stereocenters. The fraction of sp³-hybridized carbons (Fsp3) is 0.409. The van der Waals surface area contributed by atoms with Crippen molar-refractivity contribution in [2.24, 2.45) is 0 Å². The summed E-state index contributed by atoms with van der Waals surface area (Å²) in [7, 11) is 1.44. The van der Waals surface area contributed by atoms with Crippen LogP contribution in [0.4, 0.5) is 14.5 Å². The monoisotopic (exact) mass is 483 g/mol. The fourth-order valence-electron chi connectivity index (χ4n) is 3.14. The third-order valence-corrected chi connectivity index (χ3v) is 7.20. The molecule has 1 N–H and O–H groups in total. The van der Waals surface area contributed by atoms with Crippen LogP contribution in [0.25, 0.3) is 11.0 Å². The maximum Gasteiger partial charge on any atom is 0.191 e. The summed E-state index contributed by atoms with van der Waals surface area (Å²) in [4.78, 5) is 4.48. The van der Waals surface area contributed by atoms with E-state index in [-0.39, 0.29) is 23.7 Å². The van der Waals surface area contributed by atoms with Crippen LogP contribution in [-0.4, -0.2) is 38.5 Å². The topological polar surface area (TPSA) is 57.5 Å². The number of hydrogen-bond acceptors (Lipinski definition) is 5. The number of nitrogens with one attached hydrogen (secondary N) is 1. The molecule has 0 saturated carbocycles. The molecule has 0 saturated heterocycles. The Morgan fingerprint density at radius 2 is 1.78 bits per heavy atom. The standard InChI is InChI=1S/C22H28ClF2N3O3Si/c1-29-16-10-17(30-2)20(25)21(19(16)24)26-11-14-12-27-22-15(18(14)23)6-7-28(22)13-31-8-9-32(3,4)5/h6-7,10,12,26H,8-9,11,13H2,1-5H3. The van der Waals surface area contributed by atoms with E-state index in [1.807, 2.05) is 16.8 Å². The van der Waals surface area contributed by atoms with Crippen LogP contribution >= 0.6 is 11.6 Å². The van der Waals surface area contributed by atoms with Crippen molar-refractivity contribution < 1.29 is 23.0 Å². The summed E-state index contributed by atoms with van der Waals surface area (Å²) in [5.41, 5.74) is 0.926. The van der Waals surface area contributed by atoms with E-state index in [0.29, 0.717) is 29.6 Å². The lowest BCUT2D eigenvalue weighted by molar-refractivity contribution is 0.0899. The number of ether oxygens (including phenoxy) is 3. The quantitative estimate of drug-likeness (QED) is 0.287. The molecule has 1 aromatic carbocycles. The summed E-state index contributed by atoms with van der Waals surface area (Å²) >= 11 is 6.57. The Kier molecular flexibility index (Phi) is 7.63. The van der Waals surface area contributed by atoms with E-state index in [1.54, 1.807) is 6.20 Å². The molecule has 32 heavy (non-hydrogen) atoms. The van der Waals surface area contributed by atoms with Crippen LogP contribution in [0.1, 0.15) is 5.56 Å². The third-order valence-electron chi connectivity index (χ3n) is 5.05. The van der Waals surface area contributed by atoms with Gasteiger partial charge < -0.3 is 24.1 Å². The van der Waals surface area contributed by atoms with Gasteiger partial charge in [0, 0.05) is 50.6 Å². The molecule has 0 aliphatic heterocycles. The van der Waals surface area contributed by atoms with Crippen LogP contribution in [0, 0.1) is 11.6 Å². The van der Waals surface area contributed by atoms with Crippen molar-refractivity contribution in [2.75, 3.05) is 26.1 Å². The Morgan fingerprint density at radius 3 is 2.38 bits per heavy atom. The smallest absolute Gasteiger partial charge is 0.191 e. The summed E-state index contributed by atoms with van der Waals surface area (Å²) in [5.74, 6) is -1.96. The Balaban J connectivity index is 1.77. The second-order valence-corrected chi connectivity index (χ2v) is 14.6. The number of pyridine rings is 1. The molecular weight excluding hydrogens is 456 g/mol. The van der Waals surface area contributed by atoms with E-state index in [2.05, 4.69) is 29.9 Å². The van der Waals surface area contributed by atoms with E-state index < -0.39 is 19.7 Å². The molecule has 3 rings (SSSR count). The van der Waals surface area contributed by atoms with Crippen LogP contribution < -0.4 is 14.8 Å². The number of hydrogen-bond donors (Lipinski definition) is 1. The molecule has 0 radical (unpaired) electrons. The van der Waals surface area contributed by atoms with Crippen LogP contribution in [0.2, 0.25) is 30.7 Å². The predicted octanol–water partition coefficient (Wildman–Crippen LogP) is 5.91. The first-order valence-electron chi connectivity index (χ1n) is 10.2. The Morgan fingerprint density at radius 1 is 1.12 bits per heavy atom. The minimum Gasteiger partial charge on any atom is -0.493 e. The van der Waals surface area contributed by atoms with Gasteiger partial charge in [-0.05, 0) is 12.1 Å². The van der Waals surface area contributed by atoms with Gasteiger partial charge in [0.15, 0.2) is 23.1 Å². The van der Waals surface area contributed by atoms with Gasteiger partial charge in [-0.1, -0.05) is 31.2 Å². The number of fused-ring (bicyclic) bond motifs is 1. The van der Waals surface area contributed by atoms with E-state index in [0.717, 1.165) is 17.5 Å². The highest BCUT2D eigenvalue weighted by atomic mass is 35.5. The lowest BCUT2D eigenvalue weighted by Crippen LogP contribution is -2.22. The van der Waals surface area contributed by atoms with Gasteiger partial charge in [0.2, 0.25) is 0 Å². The number of nitrogens with zero attached hydrogens (tertiary/aromatic N) is 2. The van der Waals surface area contributed by atoms with Crippen molar-refractivity contribution in [3.63, 3.8) is 0 Å². The second kappa shape index (κ2) is 10.1. The highest BCUT2D eigenvalue weighted by Crippen LogP contribution is 2.35. The second-order valence-electron chi connectivity index (χ2n) is 8.61. The number of methoxy groups -OCH3 is 2. The molecule has 0 aliphatic rings. The highest BCUT2D eigenvalue weighted by molar-refractivity contribution is 6.76. The van der Waals surface area contributed by atoms with Crippen molar-refractivity contribution in [3.05, 3.63) is 46.7 Å². The van der Waals surface area contributed by atoms with Crippen molar-refractivity contribution in [2.45, 2.75) is 39.0 Å². The molecule has 10 heteroatoms. The summed E-state index contributed by atoms with van der Waals surface area (Å²) < 4.78 is 46.8. The van der Waals surface area contributed by atoms with Gasteiger partial charge >= 0.3 is 0 Å². The molecule has 0 unspecified atom stereocenters. The van der Waals surface area contributed by atoms with E-state index in [1.165, 1.54) is 14.2 Å². The zero-order valence-corrected chi connectivity index (χ0v) is 20.6. The van der Waals surface area contributed by atoms with Gasteiger partial charge in [0.05, 0.1) is 19.2 Å². The van der Waals surface area contributed by atoms with E-state index in [4.69, 9.17) is 25.8 Å². The summed E-state index contributed by atoms with van der Waals surface area (Å²) in [6.45, 7) is 8.05. The molecule has 0 aliphatic carbocycles. The third kappa shape index (κ3) is 5.33. The SMILES string of the molecule is COc1cc(OC)c(F)c(NCc2cnc3c(ccn3COCC[Si](C)(C)C)c2Cl)c1F. The van der Waals surface area contributed by atoms with Gasteiger partial charge in [0.25, 0.3) is 0 Å². The normalized spacial score (nSPS) is 11.8. The average Bonchev–Trinajstić information content (AvgIpc) is 3.16. The number of benzene rings is 1. The Bertz CT molecular complexity index is 1070. The predicted molar refractivity (Wildman–Crippen MR) is 126 cm³/mol. The van der Waals surface area contributed by atoms with Gasteiger partial charge in [-0.15, -0.1) is 0 Å². The minimum absolute atomic E-state index is 0.0594. The summed E-state index contributed by atoms with van der Waals surface area (Å²) in [6, 6.07) is 4.09. The van der Waals surface area contributed by atoms with Gasteiger partial charge in [0.1, 0.15) is 18.1 Å². The van der Waals surface area contributed by atoms with Gasteiger partial charge in [-0.3, -0.25) is 0 Å². The highest BCUT2D eigenvalue weighted by Gasteiger charge is 2.21. The average molecular weight is 484 g/mol. The Hall–Kier alpha value is -2.36. The molecule has 6 nitrogen and oxygen atoms in total. The van der Waals surface area contributed by atoms with E-state index in [9.17, 15) is 8.78 Å². The first kappa shape index (κ1) is 24.3. The summed E-state index contributed by atoms with van der Waals surface area (Å²) in [5, 5.41) is 3.95. The number of halogens is 3. The van der Waals surface area contributed by atoms with Crippen molar-refractivity contribution in [1.82, 2.24) is 9.55 Å². The van der Waals surface area contributed by atoms with Crippen LogP contribution in [0.3, 0.4) is 0 Å². The molecule has 0 fully saturated rings. The first-order valence-corrected chi connectivity index (χ1v) is 14.3. The zero-order chi connectivity index (χ0) is 23.5. The molecule has 2 aromatic heterocycles. The van der Waals surface area contributed by atoms with Crippen molar-refractivity contribution in [1.29, 1.82) is 0 Å². The van der Waals surface area contributed by atoms with Crippen LogP contribution in [0.5, 0.6) is 11.5 Å². The van der Waals surface area contributed by atoms with Crippen LogP contribution in [0.15, 0.2) is 24.5 Å². The number of rotatable bonds is 10. The maximum atomic E-state index is 14.6.